The van der Waals surface area contributed by atoms with Gasteiger partial charge in [-0.25, -0.2) is 8.42 Å². The highest BCUT2D eigenvalue weighted by Gasteiger charge is 2.79. The van der Waals surface area contributed by atoms with Crippen LogP contribution in [0, 0.1) is 6.42 Å². The number of rotatable bonds is 5. The Kier molecular flexibility index (Phi) is 6.53. The molecule has 2 atom stereocenters. The van der Waals surface area contributed by atoms with Gasteiger partial charge in [0.05, 0.1) is 9.23 Å². The Morgan fingerprint density at radius 1 is 1.16 bits per heavy atom. The van der Waals surface area contributed by atoms with Crippen molar-refractivity contribution < 1.29 is 39.2 Å². The monoisotopic (exact) mass is 541 g/mol. The molecule has 1 rings (SSSR count). The van der Waals surface area contributed by atoms with Gasteiger partial charge in [-0.1, -0.05) is 38.8 Å². The van der Waals surface area contributed by atoms with Crippen LogP contribution in [0.5, 0.6) is 0 Å². The Morgan fingerprint density at radius 3 is 2.04 bits per heavy atom. The van der Waals surface area contributed by atoms with Gasteiger partial charge in [0.15, 0.2) is 0 Å². The molecule has 0 saturated carbocycles. The summed E-state index contributed by atoms with van der Waals surface area (Å²) in [7, 11) is -6.36. The van der Waals surface area contributed by atoms with E-state index in [0.717, 1.165) is 0 Å². The summed E-state index contributed by atoms with van der Waals surface area (Å²) in [5, 5.41) is -6.85. The van der Waals surface area contributed by atoms with Crippen molar-refractivity contribution in [1.82, 2.24) is 0 Å². The lowest BCUT2D eigenvalue weighted by atomic mass is 9.97. The zero-order valence-corrected chi connectivity index (χ0v) is 17.1. The highest BCUT2D eigenvalue weighted by Crippen LogP contribution is 2.52. The van der Waals surface area contributed by atoms with Gasteiger partial charge in [-0.05, 0) is 18.4 Å². The van der Waals surface area contributed by atoms with E-state index < -0.39 is 41.7 Å². The first-order chi connectivity index (χ1) is 10.9. The third kappa shape index (κ3) is 3.93. The zero-order valence-electron chi connectivity index (χ0n) is 12.3. The predicted molar refractivity (Wildman–Crippen MR) is 88.9 cm³/mol. The van der Waals surface area contributed by atoms with Gasteiger partial charge in [0.25, 0.3) is 0 Å². The van der Waals surface area contributed by atoms with Crippen molar-refractivity contribution in [2.75, 3.05) is 6.26 Å². The number of hydrogen-bond acceptors (Lipinski definition) is 3. The third-order valence-electron chi connectivity index (χ3n) is 3.35. The van der Waals surface area contributed by atoms with Crippen LogP contribution >= 0.6 is 43.6 Å². The maximum Gasteiger partial charge on any atom is 0.461 e. The lowest BCUT2D eigenvalue weighted by Crippen LogP contribution is -2.56. The molecule has 25 heavy (non-hydrogen) atoms. The molecule has 145 valence electrons. The van der Waals surface area contributed by atoms with Gasteiger partial charge < -0.3 is 0 Å². The van der Waals surface area contributed by atoms with Crippen LogP contribution in [0.3, 0.4) is 0 Å². The smallest absolute Gasteiger partial charge is 0.217 e. The average molecular weight is 543 g/mol. The predicted octanol–water partition coefficient (Wildman–Crippen LogP) is 5.46. The van der Waals surface area contributed by atoms with Crippen molar-refractivity contribution in [3.8, 4) is 0 Å². The summed E-state index contributed by atoms with van der Waals surface area (Å²) >= 11 is 7.15. The van der Waals surface area contributed by atoms with E-state index in [1.54, 1.807) is 13.2 Å². The molecule has 2 unspecified atom stereocenters. The second-order valence-electron chi connectivity index (χ2n) is 5.02. The molecule has 1 radical (unpaired) electrons. The number of allylic oxidation sites excluding steroid dienone is 3. The highest BCUT2D eigenvalue weighted by molar-refractivity contribution is 9.12. The molecule has 0 saturated heterocycles. The van der Waals surface area contributed by atoms with Crippen LogP contribution < -0.4 is 0 Å². The number of sulfone groups is 1. The van der Waals surface area contributed by atoms with E-state index in [2.05, 4.69) is 31.9 Å². The van der Waals surface area contributed by atoms with Crippen molar-refractivity contribution >= 4 is 53.5 Å². The van der Waals surface area contributed by atoms with E-state index in [0.29, 0.717) is 12.2 Å². The second kappa shape index (κ2) is 7.01. The fraction of sp³-hybridized carbons (Fsp3) is 0.583. The molecule has 0 N–H and O–H groups in total. The maximum absolute atomic E-state index is 13.7. The fourth-order valence-electron chi connectivity index (χ4n) is 1.74. The molecular weight excluding hydrogens is 533 g/mol. The Balaban J connectivity index is 3.56. The SMILES string of the molecule is CSC(C)C1(Br)[CH]C(Br)=CC(S(=O)(=O)C(F)(F)C(F)(F)C(F)(F)F)=C1. The first-order valence-corrected chi connectivity index (χ1v) is 10.5. The number of alkyl halides is 8. The molecule has 1 aliphatic carbocycles. The Hall–Kier alpha value is 0.250. The molecule has 0 heterocycles. The Bertz CT molecular complexity index is 701. The molecule has 0 spiro atoms. The lowest BCUT2D eigenvalue weighted by molar-refractivity contribution is -0.331. The quantitative estimate of drug-likeness (QED) is 0.342. The molecule has 1 aliphatic rings. The maximum atomic E-state index is 13.7. The topological polar surface area (TPSA) is 34.1 Å². The van der Waals surface area contributed by atoms with Gasteiger partial charge in [0.2, 0.25) is 9.84 Å². The van der Waals surface area contributed by atoms with Crippen molar-refractivity contribution in [2.45, 2.75) is 33.9 Å². The number of thioether (sulfide) groups is 1. The number of hydrogen-bond donors (Lipinski definition) is 0. The molecule has 0 amide bonds. The van der Waals surface area contributed by atoms with E-state index >= 15 is 0 Å². The number of halogens is 9. The Labute approximate surface area is 160 Å². The van der Waals surface area contributed by atoms with Gasteiger partial charge in [0, 0.05) is 16.2 Å². The summed E-state index contributed by atoms with van der Waals surface area (Å²) in [5.41, 5.74) is 0. The largest absolute Gasteiger partial charge is 0.461 e. The molecule has 0 aromatic heterocycles. The van der Waals surface area contributed by atoms with E-state index in [-0.39, 0.29) is 4.48 Å². The molecule has 0 fully saturated rings. The standard InChI is InChI=1S/C12H10Br2F7O2S2/c1-6(24-2)9(14)4-7(13)3-8(5-9)25(22,23)12(20,21)10(15,16)11(17,18)19/h3-6H,1-2H3. The van der Waals surface area contributed by atoms with Crippen molar-refractivity contribution in [1.29, 1.82) is 0 Å². The van der Waals surface area contributed by atoms with Crippen LogP contribution in [0.4, 0.5) is 30.7 Å². The second-order valence-corrected chi connectivity index (χ2v) is 10.5. The van der Waals surface area contributed by atoms with Crippen molar-refractivity contribution in [3.05, 3.63) is 28.0 Å². The molecule has 2 nitrogen and oxygen atoms in total. The Morgan fingerprint density at radius 2 is 1.64 bits per heavy atom. The fourth-order valence-corrected chi connectivity index (χ4v) is 5.91. The van der Waals surface area contributed by atoms with E-state index in [9.17, 15) is 39.2 Å². The zero-order chi connectivity index (χ0) is 20.1. The highest BCUT2D eigenvalue weighted by atomic mass is 79.9. The lowest BCUT2D eigenvalue weighted by Gasteiger charge is -2.34. The molecule has 0 aliphatic heterocycles. The van der Waals surface area contributed by atoms with Crippen LogP contribution in [0.2, 0.25) is 0 Å². The van der Waals surface area contributed by atoms with Crippen molar-refractivity contribution in [2.24, 2.45) is 0 Å². The minimum absolute atomic E-state index is 0.0718. The van der Waals surface area contributed by atoms with Crippen LogP contribution in [-0.4, -0.2) is 41.6 Å². The summed E-state index contributed by atoms with van der Waals surface area (Å²) < 4.78 is 113. The molecule has 13 heteroatoms. The van der Waals surface area contributed by atoms with Gasteiger partial charge in [0.1, 0.15) is 0 Å². The summed E-state index contributed by atoms with van der Waals surface area (Å²) in [6, 6.07) is 0. The minimum Gasteiger partial charge on any atom is -0.217 e. The summed E-state index contributed by atoms with van der Waals surface area (Å²) in [6.07, 6.45) is -2.55. The third-order valence-corrected chi connectivity index (χ3v) is 8.14. The molecule has 0 bridgehead atoms. The van der Waals surface area contributed by atoms with Gasteiger partial charge in [-0.3, -0.25) is 0 Å². The minimum atomic E-state index is -6.76. The van der Waals surface area contributed by atoms with E-state index in [4.69, 9.17) is 0 Å². The van der Waals surface area contributed by atoms with Gasteiger partial charge in [-0.15, -0.1) is 0 Å². The summed E-state index contributed by atoms with van der Waals surface area (Å²) in [4.78, 5) is -1.35. The molecule has 0 aromatic carbocycles. The molecular formula is C12H10Br2F7O2S2. The van der Waals surface area contributed by atoms with Crippen molar-refractivity contribution in [3.63, 3.8) is 0 Å². The average Bonchev–Trinajstić information content (AvgIpc) is 2.43. The summed E-state index contributed by atoms with van der Waals surface area (Å²) in [5.74, 6) is -6.76. The van der Waals surface area contributed by atoms with Crippen LogP contribution in [0.15, 0.2) is 21.5 Å². The van der Waals surface area contributed by atoms with E-state index in [1.165, 1.54) is 18.2 Å². The van der Waals surface area contributed by atoms with Crippen LogP contribution in [0.1, 0.15) is 6.92 Å². The van der Waals surface area contributed by atoms with Gasteiger partial charge >= 0.3 is 17.4 Å². The van der Waals surface area contributed by atoms with Crippen LogP contribution in [-0.2, 0) is 9.84 Å². The summed E-state index contributed by atoms with van der Waals surface area (Å²) in [6.45, 7) is 1.57. The van der Waals surface area contributed by atoms with Gasteiger partial charge in [-0.2, -0.15) is 42.5 Å². The molecule has 0 aromatic rings. The normalized spacial score (nSPS) is 24.6. The first kappa shape index (κ1) is 23.3. The first-order valence-electron chi connectivity index (χ1n) is 6.18. The van der Waals surface area contributed by atoms with E-state index in [1.807, 2.05) is 0 Å². The van der Waals surface area contributed by atoms with Crippen LogP contribution in [0.25, 0.3) is 0 Å².